The Hall–Kier alpha value is -1.07. The lowest BCUT2D eigenvalue weighted by Crippen LogP contribution is -2.04. The highest BCUT2D eigenvalue weighted by Gasteiger charge is 2.19. The molecule has 0 spiro atoms. The number of aliphatic hydroxyl groups excluding tert-OH is 1. The van der Waals surface area contributed by atoms with E-state index in [4.69, 9.17) is 10.2 Å². The number of nitrogens with zero attached hydrogens (tertiary/aromatic N) is 1. The first kappa shape index (κ1) is 12.4. The number of aliphatic hydroxyl groups is 1. The van der Waals surface area contributed by atoms with Gasteiger partial charge in [-0.25, -0.2) is 9.78 Å². The van der Waals surface area contributed by atoms with Crippen LogP contribution >= 0.6 is 11.8 Å². The number of pyridine rings is 1. The third kappa shape index (κ3) is 2.79. The molecule has 4 nitrogen and oxygen atoms in total. The van der Waals surface area contributed by atoms with E-state index < -0.39 is 5.97 Å². The highest BCUT2D eigenvalue weighted by molar-refractivity contribution is 7.99. The molecular weight excluding hydrogens is 238 g/mol. The fraction of sp³-hybridized carbons (Fsp3) is 0.500. The maximum absolute atomic E-state index is 11.2. The van der Waals surface area contributed by atoms with Crippen LogP contribution in [0.4, 0.5) is 0 Å². The Labute approximate surface area is 104 Å². The molecule has 5 heteroatoms. The van der Waals surface area contributed by atoms with Gasteiger partial charge in [-0.3, -0.25) is 0 Å². The summed E-state index contributed by atoms with van der Waals surface area (Å²) in [5, 5.41) is 18.5. The van der Waals surface area contributed by atoms with Crippen molar-refractivity contribution in [1.82, 2.24) is 4.98 Å². The van der Waals surface area contributed by atoms with Crippen molar-refractivity contribution < 1.29 is 15.0 Å². The zero-order valence-electron chi connectivity index (χ0n) is 9.48. The van der Waals surface area contributed by atoms with Crippen LogP contribution in [0.2, 0.25) is 0 Å². The molecule has 1 aliphatic rings. The van der Waals surface area contributed by atoms with Crippen LogP contribution in [-0.2, 0) is 12.8 Å². The van der Waals surface area contributed by atoms with E-state index in [1.54, 1.807) is 6.07 Å². The van der Waals surface area contributed by atoms with Crippen LogP contribution in [0.5, 0.6) is 0 Å². The van der Waals surface area contributed by atoms with Gasteiger partial charge in [0, 0.05) is 18.1 Å². The molecule has 0 atom stereocenters. The van der Waals surface area contributed by atoms with E-state index in [2.05, 4.69) is 4.98 Å². The maximum Gasteiger partial charge on any atom is 0.338 e. The smallest absolute Gasteiger partial charge is 0.338 e. The minimum absolute atomic E-state index is 0.125. The summed E-state index contributed by atoms with van der Waals surface area (Å²) >= 11 is 1.41. The number of carboxylic acid groups (broad SMARTS) is 1. The number of aryl methyl sites for hydroxylation is 2. The molecule has 2 rings (SSSR count). The van der Waals surface area contributed by atoms with Gasteiger partial charge in [0.2, 0.25) is 0 Å². The topological polar surface area (TPSA) is 70.4 Å². The van der Waals surface area contributed by atoms with Crippen LogP contribution < -0.4 is 0 Å². The van der Waals surface area contributed by atoms with E-state index in [0.29, 0.717) is 22.8 Å². The molecule has 0 aliphatic heterocycles. The average Bonchev–Trinajstić information content (AvgIpc) is 2.75. The van der Waals surface area contributed by atoms with Crippen molar-refractivity contribution in [3.05, 3.63) is 22.9 Å². The van der Waals surface area contributed by atoms with E-state index >= 15 is 0 Å². The molecule has 0 radical (unpaired) electrons. The summed E-state index contributed by atoms with van der Waals surface area (Å²) in [6, 6.07) is 1.76. The van der Waals surface area contributed by atoms with E-state index in [9.17, 15) is 4.79 Å². The summed E-state index contributed by atoms with van der Waals surface area (Å²) in [4.78, 5) is 15.6. The quantitative estimate of drug-likeness (QED) is 0.618. The summed E-state index contributed by atoms with van der Waals surface area (Å²) in [5.74, 6) is -0.221. The predicted octanol–water partition coefficient (Wildman–Crippen LogP) is 1.74. The second-order valence-corrected chi connectivity index (χ2v) is 5.11. The number of carbonyl (C=O) groups is 1. The van der Waals surface area contributed by atoms with Gasteiger partial charge in [-0.15, -0.1) is 11.8 Å². The van der Waals surface area contributed by atoms with Crippen LogP contribution in [0.3, 0.4) is 0 Å². The highest BCUT2D eigenvalue weighted by Crippen LogP contribution is 2.28. The Kier molecular flexibility index (Phi) is 4.02. The van der Waals surface area contributed by atoms with Crippen LogP contribution in [0.1, 0.15) is 34.5 Å². The number of thioether (sulfide) groups is 1. The first-order valence-corrected chi connectivity index (χ1v) is 6.70. The molecule has 0 aromatic carbocycles. The van der Waals surface area contributed by atoms with Gasteiger partial charge < -0.3 is 10.2 Å². The van der Waals surface area contributed by atoms with E-state index in [-0.39, 0.29) is 6.61 Å². The SMILES string of the molecule is O=C(O)c1cc2c(nc1SCCCO)CCC2. The molecular formula is C12H15NO3S. The molecule has 1 aliphatic carbocycles. The first-order chi connectivity index (χ1) is 8.22. The molecule has 2 N–H and O–H groups in total. The third-order valence-electron chi connectivity index (χ3n) is 2.79. The van der Waals surface area contributed by atoms with Crippen molar-refractivity contribution in [3.8, 4) is 0 Å². The number of rotatable bonds is 5. The fourth-order valence-corrected chi connectivity index (χ4v) is 2.89. The number of carboxylic acids is 1. The lowest BCUT2D eigenvalue weighted by Gasteiger charge is -2.07. The Morgan fingerprint density at radius 1 is 1.47 bits per heavy atom. The second-order valence-electron chi connectivity index (χ2n) is 4.03. The molecule has 0 saturated heterocycles. The standard InChI is InChI=1S/C12H15NO3S/c14-5-2-6-17-11-9(12(15)16)7-8-3-1-4-10(8)13-11/h7,14H,1-6H2,(H,15,16). The summed E-state index contributed by atoms with van der Waals surface area (Å²) in [6.07, 6.45) is 3.60. The van der Waals surface area contributed by atoms with Gasteiger partial charge in [-0.05, 0) is 37.3 Å². The molecule has 0 saturated carbocycles. The van der Waals surface area contributed by atoms with Crippen LogP contribution in [0.25, 0.3) is 0 Å². The summed E-state index contributed by atoms with van der Waals surface area (Å²) in [7, 11) is 0. The molecule has 17 heavy (non-hydrogen) atoms. The highest BCUT2D eigenvalue weighted by atomic mass is 32.2. The Bertz CT molecular complexity index is 434. The Balaban J connectivity index is 2.25. The molecule has 1 aromatic heterocycles. The summed E-state index contributed by atoms with van der Waals surface area (Å²) in [5.41, 5.74) is 2.42. The van der Waals surface area contributed by atoms with Gasteiger partial charge in [-0.2, -0.15) is 0 Å². The zero-order valence-corrected chi connectivity index (χ0v) is 10.3. The Morgan fingerprint density at radius 3 is 3.00 bits per heavy atom. The number of fused-ring (bicyclic) bond motifs is 1. The number of aromatic nitrogens is 1. The number of hydrogen-bond donors (Lipinski definition) is 2. The molecule has 0 bridgehead atoms. The molecule has 0 fully saturated rings. The number of aromatic carboxylic acids is 1. The van der Waals surface area contributed by atoms with Crippen LogP contribution in [-0.4, -0.2) is 33.5 Å². The summed E-state index contributed by atoms with van der Waals surface area (Å²) < 4.78 is 0. The van der Waals surface area contributed by atoms with Gasteiger partial charge in [0.1, 0.15) is 5.03 Å². The van der Waals surface area contributed by atoms with Gasteiger partial charge in [0.25, 0.3) is 0 Å². The van der Waals surface area contributed by atoms with Gasteiger partial charge in [0.05, 0.1) is 5.56 Å². The Morgan fingerprint density at radius 2 is 2.29 bits per heavy atom. The molecule has 92 valence electrons. The fourth-order valence-electron chi connectivity index (χ4n) is 1.95. The predicted molar refractivity (Wildman–Crippen MR) is 65.6 cm³/mol. The number of hydrogen-bond acceptors (Lipinski definition) is 4. The minimum Gasteiger partial charge on any atom is -0.478 e. The van der Waals surface area contributed by atoms with Crippen LogP contribution in [0.15, 0.2) is 11.1 Å². The first-order valence-electron chi connectivity index (χ1n) is 5.72. The molecule has 0 amide bonds. The molecule has 0 unspecified atom stereocenters. The lowest BCUT2D eigenvalue weighted by molar-refractivity contribution is 0.0692. The van der Waals surface area contributed by atoms with E-state index in [1.165, 1.54) is 11.8 Å². The largest absolute Gasteiger partial charge is 0.478 e. The average molecular weight is 253 g/mol. The maximum atomic E-state index is 11.2. The minimum atomic E-state index is -0.918. The lowest BCUT2D eigenvalue weighted by atomic mass is 10.1. The van der Waals surface area contributed by atoms with E-state index in [1.807, 2.05) is 0 Å². The summed E-state index contributed by atoms with van der Waals surface area (Å²) in [6.45, 7) is 0.125. The van der Waals surface area contributed by atoms with Crippen molar-refractivity contribution in [2.24, 2.45) is 0 Å². The van der Waals surface area contributed by atoms with Gasteiger partial charge in [-0.1, -0.05) is 0 Å². The van der Waals surface area contributed by atoms with Crippen molar-refractivity contribution in [1.29, 1.82) is 0 Å². The normalized spacial score (nSPS) is 13.7. The van der Waals surface area contributed by atoms with Gasteiger partial charge in [0.15, 0.2) is 0 Å². The monoisotopic (exact) mass is 253 g/mol. The second kappa shape index (κ2) is 5.51. The van der Waals surface area contributed by atoms with Gasteiger partial charge >= 0.3 is 5.97 Å². The van der Waals surface area contributed by atoms with Crippen LogP contribution in [0, 0.1) is 0 Å². The van der Waals surface area contributed by atoms with E-state index in [0.717, 1.165) is 30.5 Å². The van der Waals surface area contributed by atoms with Crippen molar-refractivity contribution in [2.45, 2.75) is 30.7 Å². The van der Waals surface area contributed by atoms with Crippen molar-refractivity contribution in [3.63, 3.8) is 0 Å². The molecule has 1 heterocycles. The third-order valence-corrected chi connectivity index (χ3v) is 3.86. The molecule has 1 aromatic rings. The van der Waals surface area contributed by atoms with Crippen molar-refractivity contribution in [2.75, 3.05) is 12.4 Å². The van der Waals surface area contributed by atoms with Crippen molar-refractivity contribution >= 4 is 17.7 Å². The zero-order chi connectivity index (χ0) is 12.3.